The van der Waals surface area contributed by atoms with Crippen molar-refractivity contribution in [2.75, 3.05) is 0 Å². The van der Waals surface area contributed by atoms with Crippen LogP contribution in [0.15, 0.2) is 35.7 Å². The third kappa shape index (κ3) is 2.41. The number of hydrogen-bond acceptors (Lipinski definition) is 3. The van der Waals surface area contributed by atoms with Crippen molar-refractivity contribution in [1.82, 2.24) is 5.43 Å². The van der Waals surface area contributed by atoms with E-state index in [1.54, 1.807) is 11.3 Å². The van der Waals surface area contributed by atoms with Gasteiger partial charge >= 0.3 is 0 Å². The molecule has 1 unspecified atom stereocenters. The smallest absolute Gasteiger partial charge is 0.0827 e. The molecule has 84 valence electrons. The lowest BCUT2D eigenvalue weighted by atomic mass is 10.1. The quantitative estimate of drug-likeness (QED) is 0.496. The van der Waals surface area contributed by atoms with E-state index in [0.717, 1.165) is 15.5 Å². The molecule has 0 bridgehead atoms. The van der Waals surface area contributed by atoms with E-state index in [-0.39, 0.29) is 6.04 Å². The standard InChI is InChI=1S/C11H10ClIN2S/c12-8-5-6-16-11(8)10(15-14)7-3-1-2-4-9(7)13/h1-6,10,15H,14H2. The van der Waals surface area contributed by atoms with Crippen LogP contribution in [0.2, 0.25) is 5.02 Å². The molecule has 0 aliphatic carbocycles. The van der Waals surface area contributed by atoms with E-state index in [2.05, 4.69) is 40.1 Å². The van der Waals surface area contributed by atoms with Crippen molar-refractivity contribution in [3.8, 4) is 0 Å². The number of hydrogen-bond donors (Lipinski definition) is 2. The van der Waals surface area contributed by atoms with Gasteiger partial charge in [-0.25, -0.2) is 5.43 Å². The van der Waals surface area contributed by atoms with Crippen molar-refractivity contribution in [3.05, 3.63) is 54.7 Å². The Kier molecular flexibility index (Phi) is 4.21. The second-order valence-electron chi connectivity index (χ2n) is 3.25. The Bertz CT molecular complexity index is 486. The van der Waals surface area contributed by atoms with E-state index in [0.29, 0.717) is 0 Å². The van der Waals surface area contributed by atoms with Crippen LogP contribution in [0, 0.1) is 3.57 Å². The molecular formula is C11H10ClIN2S. The van der Waals surface area contributed by atoms with Crippen molar-refractivity contribution >= 4 is 45.5 Å². The molecule has 2 aromatic rings. The number of benzene rings is 1. The summed E-state index contributed by atoms with van der Waals surface area (Å²) < 4.78 is 1.17. The molecule has 1 aromatic carbocycles. The number of nitrogens with one attached hydrogen (secondary N) is 1. The lowest BCUT2D eigenvalue weighted by Gasteiger charge is -2.16. The molecule has 5 heteroatoms. The molecular weight excluding hydrogens is 355 g/mol. The summed E-state index contributed by atoms with van der Waals surface area (Å²) in [5.41, 5.74) is 3.97. The van der Waals surface area contributed by atoms with E-state index in [4.69, 9.17) is 17.4 Å². The molecule has 0 saturated carbocycles. The van der Waals surface area contributed by atoms with E-state index in [1.165, 1.54) is 3.57 Å². The van der Waals surface area contributed by atoms with Gasteiger partial charge in [0.1, 0.15) is 0 Å². The van der Waals surface area contributed by atoms with Crippen LogP contribution < -0.4 is 11.3 Å². The van der Waals surface area contributed by atoms with Gasteiger partial charge in [0.2, 0.25) is 0 Å². The van der Waals surface area contributed by atoms with Crippen LogP contribution in [0.5, 0.6) is 0 Å². The van der Waals surface area contributed by atoms with Gasteiger partial charge in [0.05, 0.1) is 11.1 Å². The number of halogens is 2. The zero-order valence-corrected chi connectivity index (χ0v) is 12.0. The zero-order valence-electron chi connectivity index (χ0n) is 8.28. The van der Waals surface area contributed by atoms with Crippen molar-refractivity contribution < 1.29 is 0 Å². The average Bonchev–Trinajstić information content (AvgIpc) is 2.69. The van der Waals surface area contributed by atoms with Crippen LogP contribution in [0.4, 0.5) is 0 Å². The van der Waals surface area contributed by atoms with Crippen molar-refractivity contribution in [1.29, 1.82) is 0 Å². The average molecular weight is 365 g/mol. The molecule has 0 fully saturated rings. The number of hydrazine groups is 1. The fourth-order valence-electron chi connectivity index (χ4n) is 1.53. The van der Waals surface area contributed by atoms with Crippen LogP contribution >= 0.6 is 45.5 Å². The SMILES string of the molecule is NNC(c1ccccc1I)c1sccc1Cl. The van der Waals surface area contributed by atoms with Gasteiger partial charge in [-0.3, -0.25) is 5.84 Å². The maximum absolute atomic E-state index is 6.13. The first-order chi connectivity index (χ1) is 7.74. The van der Waals surface area contributed by atoms with E-state index < -0.39 is 0 Å². The predicted octanol–water partition coefficient (Wildman–Crippen LogP) is 3.56. The summed E-state index contributed by atoms with van der Waals surface area (Å²) in [4.78, 5) is 1.05. The van der Waals surface area contributed by atoms with Gasteiger partial charge < -0.3 is 0 Å². The highest BCUT2D eigenvalue weighted by Gasteiger charge is 2.18. The van der Waals surface area contributed by atoms with Gasteiger partial charge in [0.25, 0.3) is 0 Å². The summed E-state index contributed by atoms with van der Waals surface area (Å²) >= 11 is 10.0. The molecule has 0 aliphatic rings. The minimum Gasteiger partial charge on any atom is -0.271 e. The molecule has 3 N–H and O–H groups in total. The Morgan fingerprint density at radius 2 is 2.06 bits per heavy atom. The fourth-order valence-corrected chi connectivity index (χ4v) is 3.47. The zero-order chi connectivity index (χ0) is 11.5. The highest BCUT2D eigenvalue weighted by Crippen LogP contribution is 2.33. The molecule has 1 aromatic heterocycles. The predicted molar refractivity (Wildman–Crippen MR) is 77.7 cm³/mol. The molecule has 2 rings (SSSR count). The van der Waals surface area contributed by atoms with Gasteiger partial charge in [-0.1, -0.05) is 29.8 Å². The molecule has 0 radical (unpaired) electrons. The van der Waals surface area contributed by atoms with Gasteiger partial charge in [0, 0.05) is 8.45 Å². The maximum Gasteiger partial charge on any atom is 0.0827 e. The highest BCUT2D eigenvalue weighted by molar-refractivity contribution is 14.1. The molecule has 2 nitrogen and oxygen atoms in total. The molecule has 0 aliphatic heterocycles. The van der Waals surface area contributed by atoms with Gasteiger partial charge in [-0.2, -0.15) is 0 Å². The van der Waals surface area contributed by atoms with Gasteiger partial charge in [-0.15, -0.1) is 11.3 Å². The Morgan fingerprint density at radius 3 is 2.62 bits per heavy atom. The second-order valence-corrected chi connectivity index (χ2v) is 5.77. The van der Waals surface area contributed by atoms with Crippen LogP contribution in [0.3, 0.4) is 0 Å². The number of nitrogens with two attached hydrogens (primary N) is 1. The van der Waals surface area contributed by atoms with E-state index >= 15 is 0 Å². The first-order valence-electron chi connectivity index (χ1n) is 4.67. The Labute approximate surface area is 117 Å². The van der Waals surface area contributed by atoms with Crippen molar-refractivity contribution in [2.24, 2.45) is 5.84 Å². The van der Waals surface area contributed by atoms with Gasteiger partial charge in [0.15, 0.2) is 0 Å². The van der Waals surface area contributed by atoms with E-state index in [1.807, 2.05) is 23.6 Å². The number of thiophene rings is 1. The summed E-state index contributed by atoms with van der Waals surface area (Å²) in [7, 11) is 0. The normalized spacial score (nSPS) is 12.7. The first-order valence-corrected chi connectivity index (χ1v) is 7.01. The van der Waals surface area contributed by atoms with Crippen LogP contribution in [-0.4, -0.2) is 0 Å². The maximum atomic E-state index is 6.13. The lowest BCUT2D eigenvalue weighted by molar-refractivity contribution is 0.644. The van der Waals surface area contributed by atoms with Gasteiger partial charge in [-0.05, 0) is 45.7 Å². The molecule has 0 spiro atoms. The summed E-state index contributed by atoms with van der Waals surface area (Å²) in [5, 5.41) is 2.73. The fraction of sp³-hybridized carbons (Fsp3) is 0.0909. The second kappa shape index (κ2) is 5.46. The minimum atomic E-state index is -0.0411. The molecule has 1 atom stereocenters. The lowest BCUT2D eigenvalue weighted by Crippen LogP contribution is -2.29. The van der Waals surface area contributed by atoms with Crippen LogP contribution in [-0.2, 0) is 0 Å². The summed E-state index contributed by atoms with van der Waals surface area (Å²) in [6.07, 6.45) is 0. The number of rotatable bonds is 3. The minimum absolute atomic E-state index is 0.0411. The van der Waals surface area contributed by atoms with Crippen molar-refractivity contribution in [2.45, 2.75) is 6.04 Å². The summed E-state index contributed by atoms with van der Waals surface area (Å²) in [6, 6.07) is 9.98. The molecule has 1 heterocycles. The van der Waals surface area contributed by atoms with Crippen LogP contribution in [0.25, 0.3) is 0 Å². The Hall–Kier alpha value is -0.140. The van der Waals surface area contributed by atoms with E-state index in [9.17, 15) is 0 Å². The summed E-state index contributed by atoms with van der Waals surface area (Å²) in [5.74, 6) is 5.63. The highest BCUT2D eigenvalue weighted by atomic mass is 127. The van der Waals surface area contributed by atoms with Crippen molar-refractivity contribution in [3.63, 3.8) is 0 Å². The molecule has 0 saturated heterocycles. The summed E-state index contributed by atoms with van der Waals surface area (Å²) in [6.45, 7) is 0. The third-order valence-electron chi connectivity index (χ3n) is 2.29. The first kappa shape index (κ1) is 12.3. The third-order valence-corrected chi connectivity index (χ3v) is 4.70. The largest absolute Gasteiger partial charge is 0.271 e. The van der Waals surface area contributed by atoms with Crippen LogP contribution in [0.1, 0.15) is 16.5 Å². The molecule has 0 amide bonds. The Balaban J connectivity index is 2.45. The molecule has 16 heavy (non-hydrogen) atoms. The Morgan fingerprint density at radius 1 is 1.31 bits per heavy atom. The monoisotopic (exact) mass is 364 g/mol. The topological polar surface area (TPSA) is 38.0 Å².